The lowest BCUT2D eigenvalue weighted by molar-refractivity contribution is -0.167. The highest BCUT2D eigenvalue weighted by Gasteiger charge is 2.21. The van der Waals surface area contributed by atoms with E-state index in [0.29, 0.717) is 44.4 Å². The van der Waals surface area contributed by atoms with Gasteiger partial charge in [0.1, 0.15) is 25.4 Å². The van der Waals surface area contributed by atoms with Gasteiger partial charge >= 0.3 is 29.8 Å². The van der Waals surface area contributed by atoms with Gasteiger partial charge in [0.15, 0.2) is 11.9 Å². The van der Waals surface area contributed by atoms with E-state index in [9.17, 15) is 28.8 Å². The summed E-state index contributed by atoms with van der Waals surface area (Å²) >= 11 is 0. The molecule has 0 amide bonds. The van der Waals surface area contributed by atoms with E-state index in [4.69, 9.17) is 23.7 Å². The molecule has 0 bridgehead atoms. The summed E-state index contributed by atoms with van der Waals surface area (Å²) in [5.41, 5.74) is 0. The largest absolute Gasteiger partial charge is 0.462 e. The lowest BCUT2D eigenvalue weighted by Crippen LogP contribution is -2.30. The molecule has 0 aromatic heterocycles. The Morgan fingerprint density at radius 1 is 0.355 bits per heavy atom. The van der Waals surface area contributed by atoms with Gasteiger partial charge in [-0.05, 0) is 102 Å². The molecule has 11 heteroatoms. The van der Waals surface area contributed by atoms with Crippen molar-refractivity contribution < 1.29 is 52.5 Å². The molecule has 0 aromatic rings. The molecule has 0 N–H and O–H groups in total. The van der Waals surface area contributed by atoms with Gasteiger partial charge in [-0.1, -0.05) is 207 Å². The fourth-order valence-corrected chi connectivity index (χ4v) is 9.52. The lowest BCUT2D eigenvalue weighted by atomic mass is 9.90. The van der Waals surface area contributed by atoms with Crippen LogP contribution >= 0.6 is 0 Å². The van der Waals surface area contributed by atoms with Crippen molar-refractivity contribution in [3.8, 4) is 0 Å². The normalized spacial score (nSPS) is 12.8. The maximum Gasteiger partial charge on any atom is 0.330 e. The van der Waals surface area contributed by atoms with E-state index in [1.807, 2.05) is 0 Å². The molecule has 0 aliphatic heterocycles. The van der Waals surface area contributed by atoms with Gasteiger partial charge < -0.3 is 23.7 Å². The van der Waals surface area contributed by atoms with Gasteiger partial charge in [0.25, 0.3) is 0 Å². The molecule has 0 heterocycles. The minimum absolute atomic E-state index is 0.132. The van der Waals surface area contributed by atoms with E-state index in [0.717, 1.165) is 135 Å². The summed E-state index contributed by atoms with van der Waals surface area (Å²) in [6.45, 7) is 17.0. The Labute approximate surface area is 464 Å². The maximum absolute atomic E-state index is 13.1. The molecule has 0 rings (SSSR count). The van der Waals surface area contributed by atoms with Crippen molar-refractivity contribution >= 4 is 35.6 Å². The molecule has 0 aliphatic rings. The zero-order chi connectivity index (χ0) is 56.0. The Hall–Kier alpha value is -4.02. The number of hydrogen-bond acceptors (Lipinski definition) is 11. The third-order valence-electron chi connectivity index (χ3n) is 14.2. The molecule has 0 aliphatic carbocycles. The third kappa shape index (κ3) is 48.4. The van der Waals surface area contributed by atoms with Crippen molar-refractivity contribution in [2.45, 2.75) is 309 Å². The number of unbranched alkanes of at least 4 members (excludes halogenated alkanes) is 25. The Morgan fingerprint density at radius 3 is 1.13 bits per heavy atom. The first-order chi connectivity index (χ1) is 37.0. The van der Waals surface area contributed by atoms with Crippen LogP contribution in [0.3, 0.4) is 0 Å². The zero-order valence-corrected chi connectivity index (χ0v) is 48.9. The van der Waals surface area contributed by atoms with Crippen LogP contribution in [0.4, 0.5) is 0 Å². The van der Waals surface area contributed by atoms with Crippen LogP contribution < -0.4 is 0 Å². The van der Waals surface area contributed by atoms with Crippen molar-refractivity contribution in [2.75, 3.05) is 13.2 Å². The van der Waals surface area contributed by atoms with Crippen LogP contribution in [0.2, 0.25) is 0 Å². The van der Waals surface area contributed by atoms with Crippen LogP contribution in [-0.2, 0) is 52.5 Å². The van der Waals surface area contributed by atoms with Crippen LogP contribution in [0.1, 0.15) is 290 Å². The van der Waals surface area contributed by atoms with E-state index < -0.39 is 24.0 Å². The maximum atomic E-state index is 13.1. The first-order valence-corrected chi connectivity index (χ1v) is 31.0. The van der Waals surface area contributed by atoms with Crippen LogP contribution in [0, 0.1) is 5.92 Å². The van der Waals surface area contributed by atoms with Crippen LogP contribution in [0.25, 0.3) is 0 Å². The number of ether oxygens (including phenoxy) is 5. The van der Waals surface area contributed by atoms with Gasteiger partial charge in [0.05, 0.1) is 0 Å². The van der Waals surface area contributed by atoms with Gasteiger partial charge in [0.2, 0.25) is 0 Å². The quantitative estimate of drug-likeness (QED) is 0.0188. The minimum atomic E-state index is -0.891. The number of ketones is 1. The van der Waals surface area contributed by atoms with Crippen molar-refractivity contribution in [1.29, 1.82) is 0 Å². The second kappa shape index (κ2) is 54.3. The highest BCUT2D eigenvalue weighted by molar-refractivity contribution is 5.89. The molecule has 4 unspecified atom stereocenters. The van der Waals surface area contributed by atoms with Gasteiger partial charge in [-0.25, -0.2) is 9.59 Å². The number of allylic oxidation sites excluding steroid dienone is 3. The zero-order valence-electron chi connectivity index (χ0n) is 48.9. The number of carbonyl (C=O) groups is 6. The topological polar surface area (TPSA) is 149 Å². The van der Waals surface area contributed by atoms with Crippen molar-refractivity contribution in [1.82, 2.24) is 0 Å². The minimum Gasteiger partial charge on any atom is -0.462 e. The van der Waals surface area contributed by atoms with Crippen molar-refractivity contribution in [3.63, 3.8) is 0 Å². The number of hydrogen-bond donors (Lipinski definition) is 0. The van der Waals surface area contributed by atoms with Gasteiger partial charge in [-0.15, -0.1) is 0 Å². The predicted molar refractivity (Wildman–Crippen MR) is 311 cm³/mol. The standard InChI is InChI=1S/C65H112O11/c1-7-13-16-18-20-21-22-23-24-25-27-33-40-50-63(69)72-54-60(55-73-64(70)51-41-34-28-31-38-45-56(53-57(66)10-4)44-37-30-26-19-17-14-8-2)76-65(71)52-42-35-29-32-39-47-59(75-62(68)12-6)49-43-48-58(46-36-15-9-3)74-61(67)11-5/h10-12,21-22,56,58-60H,4-9,13-20,23-55H2,1-3H3/b22-21+. The first-order valence-electron chi connectivity index (χ1n) is 31.0. The average molecular weight is 1070 g/mol. The molecule has 11 nitrogen and oxygen atoms in total. The SMILES string of the molecule is C=CC(=O)CC(CCCCCCCCC)CCCCCCCC(=O)OCC(COC(=O)CCCCCCC/C=C/CCCCCC)OC(=O)CCCCCCCC(CCCC(CCCCC)OC(=O)C=C)OC(=O)C=C. The average Bonchev–Trinajstić information content (AvgIpc) is 3.41. The second-order valence-corrected chi connectivity index (χ2v) is 21.3. The molecule has 438 valence electrons. The van der Waals surface area contributed by atoms with E-state index in [1.165, 1.54) is 95.3 Å². The summed E-state index contributed by atoms with van der Waals surface area (Å²) < 4.78 is 28.1. The third-order valence-corrected chi connectivity index (χ3v) is 14.2. The second-order valence-electron chi connectivity index (χ2n) is 21.3. The van der Waals surface area contributed by atoms with Crippen LogP contribution in [-0.4, -0.2) is 67.2 Å². The van der Waals surface area contributed by atoms with E-state index in [2.05, 4.69) is 52.7 Å². The monoisotopic (exact) mass is 1070 g/mol. The smallest absolute Gasteiger partial charge is 0.330 e. The van der Waals surface area contributed by atoms with Crippen molar-refractivity contribution in [2.24, 2.45) is 5.92 Å². The first kappa shape index (κ1) is 72.0. The predicted octanol–water partition coefficient (Wildman–Crippen LogP) is 17.6. The molecule has 4 atom stereocenters. The fourth-order valence-electron chi connectivity index (χ4n) is 9.52. The molecule has 0 aromatic carbocycles. The van der Waals surface area contributed by atoms with Gasteiger partial charge in [-0.3, -0.25) is 19.2 Å². The highest BCUT2D eigenvalue weighted by Crippen LogP contribution is 2.24. The molecule has 0 spiro atoms. The van der Waals surface area contributed by atoms with Crippen LogP contribution in [0.5, 0.6) is 0 Å². The Balaban J connectivity index is 4.99. The van der Waals surface area contributed by atoms with E-state index in [-0.39, 0.29) is 62.4 Å². The fraction of sp³-hybridized carbons (Fsp3) is 0.785. The number of esters is 5. The van der Waals surface area contributed by atoms with Crippen molar-refractivity contribution in [3.05, 3.63) is 50.1 Å². The van der Waals surface area contributed by atoms with E-state index in [1.54, 1.807) is 0 Å². The Kier molecular flexibility index (Phi) is 51.5. The highest BCUT2D eigenvalue weighted by atomic mass is 16.6. The number of rotatable bonds is 57. The Morgan fingerprint density at radius 2 is 0.697 bits per heavy atom. The number of carbonyl (C=O) groups excluding carboxylic acids is 6. The van der Waals surface area contributed by atoms with Crippen LogP contribution in [0.15, 0.2) is 50.1 Å². The summed E-state index contributed by atoms with van der Waals surface area (Å²) in [6.07, 6.45) is 47.3. The lowest BCUT2D eigenvalue weighted by Gasteiger charge is -2.20. The summed E-state index contributed by atoms with van der Waals surface area (Å²) in [4.78, 5) is 74.8. The molecular weight excluding hydrogens is 957 g/mol. The Bertz CT molecular complexity index is 1520. The molecule has 0 radical (unpaired) electrons. The molecule has 0 fully saturated rings. The summed E-state index contributed by atoms with van der Waals surface area (Å²) in [6, 6.07) is 0. The summed E-state index contributed by atoms with van der Waals surface area (Å²) in [7, 11) is 0. The summed E-state index contributed by atoms with van der Waals surface area (Å²) in [5, 5.41) is 0. The molecule has 0 saturated heterocycles. The van der Waals surface area contributed by atoms with Gasteiger partial charge in [-0.2, -0.15) is 0 Å². The summed E-state index contributed by atoms with van der Waals surface area (Å²) in [5.74, 6) is -1.48. The van der Waals surface area contributed by atoms with Gasteiger partial charge in [0, 0.05) is 37.8 Å². The molecular formula is C65H112O11. The molecule has 76 heavy (non-hydrogen) atoms. The molecule has 0 saturated carbocycles. The van der Waals surface area contributed by atoms with E-state index >= 15 is 0 Å².